The van der Waals surface area contributed by atoms with E-state index < -0.39 is 40.0 Å². The van der Waals surface area contributed by atoms with E-state index in [4.69, 9.17) is 19.1 Å². The van der Waals surface area contributed by atoms with Crippen molar-refractivity contribution in [1.82, 2.24) is 29.8 Å². The zero-order valence-corrected chi connectivity index (χ0v) is 23.0. The van der Waals surface area contributed by atoms with E-state index in [2.05, 4.69) is 25.3 Å². The summed E-state index contributed by atoms with van der Waals surface area (Å²) in [5.41, 5.74) is 0.0794. The fourth-order valence-electron chi connectivity index (χ4n) is 4.39. The minimum Gasteiger partial charge on any atom is -0.485 e. The summed E-state index contributed by atoms with van der Waals surface area (Å²) >= 11 is 6.43. The Bertz CT molecular complexity index is 1850. The minimum atomic E-state index is -2.88. The molecule has 1 amide bonds. The maximum absolute atomic E-state index is 14.3. The number of nitrogens with one attached hydrogen (secondary N) is 1. The summed E-state index contributed by atoms with van der Waals surface area (Å²) in [6.45, 7) is 2.07. The third-order valence-electron chi connectivity index (χ3n) is 6.26. The number of carbonyl (C=O) groups excluding carboxylic acids is 1. The Morgan fingerprint density at radius 1 is 1.15 bits per heavy atom. The lowest BCUT2D eigenvalue weighted by molar-refractivity contribution is -0.120. The van der Waals surface area contributed by atoms with E-state index in [1.54, 1.807) is 38.4 Å². The van der Waals surface area contributed by atoms with Crippen LogP contribution in [0.5, 0.6) is 5.75 Å². The van der Waals surface area contributed by atoms with Crippen molar-refractivity contribution in [3.8, 4) is 22.8 Å². The average Bonchev–Trinajstić information content (AvgIpc) is 2.92. The van der Waals surface area contributed by atoms with Crippen LogP contribution in [0.4, 0.5) is 8.78 Å². The minimum absolute atomic E-state index is 0.241. The van der Waals surface area contributed by atoms with Crippen LogP contribution in [0.25, 0.3) is 17.1 Å². The smallest absolute Gasteiger partial charge is 0.277 e. The second-order valence-corrected chi connectivity index (χ2v) is 10.2. The van der Waals surface area contributed by atoms with Crippen molar-refractivity contribution in [2.75, 3.05) is 0 Å². The van der Waals surface area contributed by atoms with Gasteiger partial charge in [0.05, 0.1) is 31.6 Å². The monoisotopic (exact) mass is 580 g/mol. The highest BCUT2D eigenvalue weighted by atomic mass is 35.5. The number of nitrogens with zero attached hydrogens (tertiary/aromatic N) is 5. The molecule has 1 aliphatic heterocycles. The van der Waals surface area contributed by atoms with Crippen molar-refractivity contribution in [2.45, 2.75) is 45.7 Å². The van der Waals surface area contributed by atoms with Gasteiger partial charge >= 0.3 is 0 Å². The average molecular weight is 581 g/mol. The highest BCUT2D eigenvalue weighted by molar-refractivity contribution is 6.31. The van der Waals surface area contributed by atoms with Crippen LogP contribution >= 0.6 is 11.6 Å². The summed E-state index contributed by atoms with van der Waals surface area (Å²) in [6, 6.07) is 5.21. The molecule has 0 aromatic carbocycles. The van der Waals surface area contributed by atoms with Gasteiger partial charge in [-0.1, -0.05) is 23.8 Å². The van der Waals surface area contributed by atoms with Crippen LogP contribution in [0.2, 0.25) is 5.02 Å². The van der Waals surface area contributed by atoms with Gasteiger partial charge in [0, 0.05) is 43.6 Å². The molecular formula is C29H25ClF2N6O3. The number of hydrogen-bond donors (Lipinski definition) is 1. The van der Waals surface area contributed by atoms with Gasteiger partial charge < -0.3 is 10.1 Å². The molecule has 4 aromatic rings. The van der Waals surface area contributed by atoms with Crippen molar-refractivity contribution < 1.29 is 21.1 Å². The fourth-order valence-corrected chi connectivity index (χ4v) is 4.56. The fraction of sp³-hybridized carbons (Fsp3) is 0.241. The molecule has 210 valence electrons. The first kappa shape index (κ1) is 25.5. The Kier molecular flexibility index (Phi) is 6.93. The van der Waals surface area contributed by atoms with E-state index in [1.165, 1.54) is 17.6 Å². The van der Waals surface area contributed by atoms with Crippen molar-refractivity contribution in [3.05, 3.63) is 105 Å². The predicted octanol–water partition coefficient (Wildman–Crippen LogP) is 4.62. The van der Waals surface area contributed by atoms with Gasteiger partial charge in [0.25, 0.3) is 5.56 Å². The van der Waals surface area contributed by atoms with Crippen molar-refractivity contribution >= 4 is 17.5 Å². The first-order valence-corrected chi connectivity index (χ1v) is 12.9. The third kappa shape index (κ3) is 5.85. The van der Waals surface area contributed by atoms with Gasteiger partial charge in [-0.25, -0.2) is 18.7 Å². The second-order valence-electron chi connectivity index (χ2n) is 9.79. The van der Waals surface area contributed by atoms with Gasteiger partial charge in [0.15, 0.2) is 11.6 Å². The number of pyridine rings is 3. The number of carbonyl (C=O) groups is 1. The first-order chi connectivity index (χ1) is 20.3. The van der Waals surface area contributed by atoms with Crippen LogP contribution in [0.15, 0.2) is 59.8 Å². The van der Waals surface area contributed by atoms with Gasteiger partial charge in [0.2, 0.25) is 5.91 Å². The topological polar surface area (TPSA) is 112 Å². The number of amides is 1. The van der Waals surface area contributed by atoms with Gasteiger partial charge in [0.1, 0.15) is 28.8 Å². The molecule has 0 radical (unpaired) electrons. The molecule has 0 saturated heterocycles. The van der Waals surface area contributed by atoms with E-state index in [0.29, 0.717) is 52.8 Å². The Morgan fingerprint density at radius 3 is 2.68 bits per heavy atom. The highest BCUT2D eigenvalue weighted by Gasteiger charge is 2.26. The highest BCUT2D eigenvalue weighted by Crippen LogP contribution is 2.29. The maximum atomic E-state index is 14.3. The Labute approximate surface area is 241 Å². The predicted molar refractivity (Wildman–Crippen MR) is 148 cm³/mol. The van der Waals surface area contributed by atoms with E-state index in [-0.39, 0.29) is 18.1 Å². The number of rotatable bonds is 6. The number of fused-ring (bicyclic) bond motifs is 3. The molecule has 9 nitrogen and oxygen atoms in total. The lowest BCUT2D eigenvalue weighted by atomic mass is 10.0. The van der Waals surface area contributed by atoms with E-state index in [0.717, 1.165) is 0 Å². The summed E-state index contributed by atoms with van der Waals surface area (Å²) in [6.07, 6.45) is 8.29. The van der Waals surface area contributed by atoms with Gasteiger partial charge in [-0.3, -0.25) is 24.1 Å². The second kappa shape index (κ2) is 11.2. The largest absolute Gasteiger partial charge is 0.485 e. The standard InChI is InChI=1S/C29H25ClF2N6O3/c1-16(39)37-29(2,3)28-33-9-8-21(36-28)22-12-24-17(13-34-22)6-4-5-7-19-11-25(26(30)27(40)38(19)24)41-15-23-20(32)10-18(31)14-35-23/h4-5,8-14H,6-7,15H2,1-3H3,(H,37,39)/b5-4-/i15D2. The quantitative estimate of drug-likeness (QED) is 0.331. The number of allylic oxidation sites excluding steroid dienone is 2. The van der Waals surface area contributed by atoms with Crippen molar-refractivity contribution in [2.24, 2.45) is 0 Å². The maximum Gasteiger partial charge on any atom is 0.277 e. The molecule has 5 heterocycles. The lowest BCUT2D eigenvalue weighted by Crippen LogP contribution is -2.41. The molecule has 0 unspecified atom stereocenters. The van der Waals surface area contributed by atoms with Crippen molar-refractivity contribution in [1.29, 1.82) is 0 Å². The third-order valence-corrected chi connectivity index (χ3v) is 6.61. The molecule has 0 saturated carbocycles. The molecule has 0 spiro atoms. The van der Waals surface area contributed by atoms with Crippen LogP contribution in [0.3, 0.4) is 0 Å². The summed E-state index contributed by atoms with van der Waals surface area (Å²) in [7, 11) is 0. The van der Waals surface area contributed by atoms with Crippen molar-refractivity contribution in [3.63, 3.8) is 0 Å². The molecule has 0 atom stereocenters. The molecular weight excluding hydrogens is 554 g/mol. The first-order valence-electron chi connectivity index (χ1n) is 13.5. The molecule has 12 heteroatoms. The van der Waals surface area contributed by atoms with Crippen LogP contribution in [0.1, 0.15) is 46.3 Å². The van der Waals surface area contributed by atoms with Crippen LogP contribution < -0.4 is 15.6 Å². The number of aromatic nitrogens is 5. The number of ether oxygens (including phenoxy) is 1. The Morgan fingerprint density at radius 2 is 1.93 bits per heavy atom. The van der Waals surface area contributed by atoms with Crippen LogP contribution in [-0.2, 0) is 29.7 Å². The normalized spacial score (nSPS) is 14.5. The van der Waals surface area contributed by atoms with Crippen LogP contribution in [0, 0.1) is 11.6 Å². The van der Waals surface area contributed by atoms with E-state index in [1.807, 2.05) is 12.2 Å². The zero-order chi connectivity index (χ0) is 31.1. The number of hydrogen-bond acceptors (Lipinski definition) is 7. The molecule has 1 N–H and O–H groups in total. The summed E-state index contributed by atoms with van der Waals surface area (Å²) in [4.78, 5) is 42.4. The molecule has 0 fully saturated rings. The number of halogens is 3. The molecule has 1 aliphatic rings. The van der Waals surface area contributed by atoms with Gasteiger partial charge in [-0.2, -0.15) is 0 Å². The SMILES string of the molecule is [2H]C([2H])(Oc1cc2n(c(=O)c1Cl)-c1cc(-c3ccnc(C(C)(C)NC(C)=O)n3)ncc1C/C=C\C2)c1ncc(F)cc1F. The Balaban J connectivity index is 1.59. The molecule has 41 heavy (non-hydrogen) atoms. The zero-order valence-electron chi connectivity index (χ0n) is 24.2. The molecule has 0 bridgehead atoms. The van der Waals surface area contributed by atoms with Gasteiger partial charge in [-0.15, -0.1) is 0 Å². The lowest BCUT2D eigenvalue weighted by Gasteiger charge is -2.24. The van der Waals surface area contributed by atoms with Crippen LogP contribution in [-0.4, -0.2) is 30.4 Å². The summed E-state index contributed by atoms with van der Waals surface area (Å²) in [5, 5.41) is 2.36. The van der Waals surface area contributed by atoms with E-state index >= 15 is 0 Å². The summed E-state index contributed by atoms with van der Waals surface area (Å²) < 4.78 is 50.9. The molecule has 5 rings (SSSR count). The van der Waals surface area contributed by atoms with E-state index in [9.17, 15) is 18.4 Å². The molecule has 0 aliphatic carbocycles. The Hall–Kier alpha value is -4.51. The molecule has 4 aromatic heterocycles. The van der Waals surface area contributed by atoms with Gasteiger partial charge in [-0.05, 0) is 38.0 Å². The summed E-state index contributed by atoms with van der Waals surface area (Å²) in [5.74, 6) is -2.45.